The summed E-state index contributed by atoms with van der Waals surface area (Å²) in [4.78, 5) is 1.42. The summed E-state index contributed by atoms with van der Waals surface area (Å²) in [6.45, 7) is 0.529. The fraction of sp³-hybridized carbons (Fsp3) is 0.200. The number of benzene rings is 2. The third-order valence-corrected chi connectivity index (χ3v) is 4.05. The molecular weight excluding hydrogens is 361 g/mol. The van der Waals surface area contributed by atoms with E-state index in [9.17, 15) is 10.2 Å². The molecule has 28 heavy (non-hydrogen) atoms. The number of hydrogen-bond acceptors (Lipinski definition) is 7. The highest BCUT2D eigenvalue weighted by Crippen LogP contribution is 2.14. The fourth-order valence-electron chi connectivity index (χ4n) is 2.63. The van der Waals surface area contributed by atoms with Crippen LogP contribution in [0.4, 0.5) is 0 Å². The molecule has 1 aliphatic rings. The van der Waals surface area contributed by atoms with E-state index in [0.29, 0.717) is 17.8 Å². The van der Waals surface area contributed by atoms with E-state index in [1.807, 2.05) is 24.3 Å². The molecule has 8 heteroatoms. The summed E-state index contributed by atoms with van der Waals surface area (Å²) in [5, 5.41) is 19.6. The molecule has 0 amide bonds. The highest BCUT2D eigenvalue weighted by molar-refractivity contribution is 6.61. The summed E-state index contributed by atoms with van der Waals surface area (Å²) < 4.78 is 21.5. The van der Waals surface area contributed by atoms with Gasteiger partial charge in [0.1, 0.15) is 11.5 Å². The summed E-state index contributed by atoms with van der Waals surface area (Å²) in [5.74, 6) is 0.877. The molecule has 1 aliphatic heterocycles. The molecule has 0 radical (unpaired) electrons. The lowest BCUT2D eigenvalue weighted by Crippen LogP contribution is -2.37. The van der Waals surface area contributed by atoms with Crippen LogP contribution in [0.15, 0.2) is 72.8 Å². The van der Waals surface area contributed by atoms with Crippen molar-refractivity contribution in [2.45, 2.75) is 6.42 Å². The van der Waals surface area contributed by atoms with Crippen molar-refractivity contribution in [1.29, 1.82) is 0 Å². The lowest BCUT2D eigenvalue weighted by molar-refractivity contribution is 0.124. The van der Waals surface area contributed by atoms with Crippen molar-refractivity contribution in [2.24, 2.45) is 0 Å². The minimum absolute atomic E-state index is 0.323. The summed E-state index contributed by atoms with van der Waals surface area (Å²) in [6, 6.07) is 14.9. The maximum absolute atomic E-state index is 9.79. The van der Waals surface area contributed by atoms with Gasteiger partial charge in [-0.25, -0.2) is 0 Å². The van der Waals surface area contributed by atoms with Gasteiger partial charge in [-0.3, -0.25) is 0 Å². The Balaban J connectivity index is 1.56. The second kappa shape index (κ2) is 8.99. The third-order valence-electron chi connectivity index (χ3n) is 4.05. The first kappa shape index (κ1) is 19.3. The van der Waals surface area contributed by atoms with Crippen LogP contribution in [0.5, 0.6) is 11.5 Å². The van der Waals surface area contributed by atoms with Gasteiger partial charge in [-0.15, -0.1) is 0 Å². The Morgan fingerprint density at radius 2 is 1.46 bits per heavy atom. The molecule has 1 heterocycles. The smallest absolute Gasteiger partial charge is 0.497 e. The van der Waals surface area contributed by atoms with Crippen molar-refractivity contribution in [2.75, 3.05) is 20.8 Å². The number of aliphatic hydroxyl groups excluding tert-OH is 2. The molecule has 2 aromatic rings. The molecule has 2 N–H and O–H groups in total. The molecule has 0 unspecified atom stereocenters. The summed E-state index contributed by atoms with van der Waals surface area (Å²) in [5.41, 5.74) is 1.77. The maximum Gasteiger partial charge on any atom is 0.636 e. The summed E-state index contributed by atoms with van der Waals surface area (Å²) in [7, 11) is 2.29. The molecule has 0 fully saturated rings. The molecule has 0 atom stereocenters. The molecule has 3 rings (SSSR count). The Kier molecular flexibility index (Phi) is 6.21. The average Bonchev–Trinajstić information content (AvgIpc) is 2.67. The van der Waals surface area contributed by atoms with Crippen LogP contribution in [0.25, 0.3) is 0 Å². The minimum atomic E-state index is -0.977. The molecule has 146 valence electrons. The van der Waals surface area contributed by atoms with E-state index in [0.717, 1.165) is 17.7 Å². The average molecular weight is 383 g/mol. The first-order chi connectivity index (χ1) is 13.5. The van der Waals surface area contributed by atoms with Gasteiger partial charge in [0, 0.05) is 18.9 Å². The van der Waals surface area contributed by atoms with E-state index in [1.165, 1.54) is 17.3 Å². The van der Waals surface area contributed by atoms with E-state index in [2.05, 4.69) is 0 Å². The molecular formula is C20H22BNO6. The lowest BCUT2D eigenvalue weighted by atomic mass is 9.79. The maximum atomic E-state index is 9.79. The zero-order chi connectivity index (χ0) is 19.9. The van der Waals surface area contributed by atoms with Crippen molar-refractivity contribution < 1.29 is 29.0 Å². The van der Waals surface area contributed by atoms with E-state index < -0.39 is 7.12 Å². The second-order valence-corrected chi connectivity index (χ2v) is 6.18. The molecule has 0 bridgehead atoms. The standard InChI is InChI=1S/C20H22BNO6/c1-22-13-19(23)27-21(28-20(24)14-22)16-5-9-18(10-6-16)26-12-11-15-3-7-17(25-2)8-4-15/h3-10,13-14,23-24H,11-12H2,1-2H3/b19-13-,20-14-. The Morgan fingerprint density at radius 3 is 2.04 bits per heavy atom. The monoisotopic (exact) mass is 383 g/mol. The lowest BCUT2D eigenvalue weighted by Gasteiger charge is -2.20. The first-order valence-corrected chi connectivity index (χ1v) is 8.76. The second-order valence-electron chi connectivity index (χ2n) is 6.18. The largest absolute Gasteiger partial charge is 0.636 e. The van der Waals surface area contributed by atoms with Crippen LogP contribution in [-0.2, 0) is 15.7 Å². The van der Waals surface area contributed by atoms with Gasteiger partial charge in [0.15, 0.2) is 0 Å². The van der Waals surface area contributed by atoms with E-state index >= 15 is 0 Å². The molecule has 0 aliphatic carbocycles. The number of hydrogen-bond donors (Lipinski definition) is 2. The number of aliphatic hydroxyl groups is 2. The van der Waals surface area contributed by atoms with Gasteiger partial charge in [0.05, 0.1) is 26.1 Å². The summed E-state index contributed by atoms with van der Waals surface area (Å²) >= 11 is 0. The molecule has 0 spiro atoms. The Bertz CT molecular complexity index is 813. The number of ether oxygens (including phenoxy) is 2. The van der Waals surface area contributed by atoms with E-state index in [1.54, 1.807) is 38.4 Å². The van der Waals surface area contributed by atoms with Crippen molar-refractivity contribution in [3.8, 4) is 11.5 Å². The van der Waals surface area contributed by atoms with Crippen LogP contribution in [0, 0.1) is 0 Å². The molecule has 7 nitrogen and oxygen atoms in total. The van der Waals surface area contributed by atoms with Crippen LogP contribution in [0.3, 0.4) is 0 Å². The van der Waals surface area contributed by atoms with Gasteiger partial charge < -0.3 is 33.9 Å². The van der Waals surface area contributed by atoms with Gasteiger partial charge in [-0.1, -0.05) is 24.3 Å². The Hall–Kier alpha value is -3.42. The van der Waals surface area contributed by atoms with Gasteiger partial charge in [-0.2, -0.15) is 0 Å². The zero-order valence-corrected chi connectivity index (χ0v) is 15.7. The van der Waals surface area contributed by atoms with Crippen LogP contribution in [-0.4, -0.2) is 43.0 Å². The summed E-state index contributed by atoms with van der Waals surface area (Å²) in [6.07, 6.45) is 3.41. The van der Waals surface area contributed by atoms with Crippen molar-refractivity contribution in [1.82, 2.24) is 4.90 Å². The minimum Gasteiger partial charge on any atom is -0.497 e. The van der Waals surface area contributed by atoms with Crippen LogP contribution >= 0.6 is 0 Å². The van der Waals surface area contributed by atoms with Crippen LogP contribution < -0.4 is 14.9 Å². The third kappa shape index (κ3) is 5.29. The molecule has 0 aromatic heterocycles. The number of methoxy groups -OCH3 is 1. The van der Waals surface area contributed by atoms with Crippen LogP contribution in [0.1, 0.15) is 5.56 Å². The highest BCUT2D eigenvalue weighted by atomic mass is 16.7. The van der Waals surface area contributed by atoms with Gasteiger partial charge in [0.2, 0.25) is 0 Å². The predicted molar refractivity (Wildman–Crippen MR) is 105 cm³/mol. The predicted octanol–water partition coefficient (Wildman–Crippen LogP) is 2.70. The molecule has 0 saturated heterocycles. The van der Waals surface area contributed by atoms with Gasteiger partial charge >= 0.3 is 7.12 Å². The Morgan fingerprint density at radius 1 is 0.893 bits per heavy atom. The SMILES string of the molecule is COc1ccc(CCOc2ccc(B3O/C(O)=C\N(C)/C=C(/O)O3)cc2)cc1. The fourth-order valence-corrected chi connectivity index (χ4v) is 2.63. The molecule has 0 saturated carbocycles. The normalized spacial score (nSPS) is 17.8. The Labute approximate surface area is 164 Å². The number of rotatable bonds is 6. The van der Waals surface area contributed by atoms with Crippen molar-refractivity contribution >= 4 is 12.6 Å². The van der Waals surface area contributed by atoms with Gasteiger partial charge in [0.25, 0.3) is 11.9 Å². The molecule has 2 aromatic carbocycles. The zero-order valence-electron chi connectivity index (χ0n) is 15.7. The van der Waals surface area contributed by atoms with E-state index in [4.69, 9.17) is 18.8 Å². The van der Waals surface area contributed by atoms with Gasteiger partial charge in [-0.05, 0) is 29.8 Å². The topological polar surface area (TPSA) is 80.6 Å². The van der Waals surface area contributed by atoms with Crippen LogP contribution in [0.2, 0.25) is 0 Å². The van der Waals surface area contributed by atoms with Crippen molar-refractivity contribution in [3.05, 3.63) is 78.4 Å². The number of nitrogens with zero attached hydrogens (tertiary/aromatic N) is 1. The van der Waals surface area contributed by atoms with Crippen molar-refractivity contribution in [3.63, 3.8) is 0 Å². The first-order valence-electron chi connectivity index (χ1n) is 8.76. The van der Waals surface area contributed by atoms with E-state index in [-0.39, 0.29) is 11.9 Å². The quantitative estimate of drug-likeness (QED) is 0.743. The highest BCUT2D eigenvalue weighted by Gasteiger charge is 2.29.